The van der Waals surface area contributed by atoms with Crippen molar-refractivity contribution in [2.24, 2.45) is 0 Å². The van der Waals surface area contributed by atoms with Gasteiger partial charge in [0.1, 0.15) is 0 Å². The lowest BCUT2D eigenvalue weighted by Crippen LogP contribution is -1.97. The Morgan fingerprint density at radius 2 is 1.14 bits per heavy atom. The van der Waals surface area contributed by atoms with E-state index in [1.165, 1.54) is 60.5 Å². The maximum Gasteiger partial charge on any atom is -0.00203 e. The molecule has 5 rings (SSSR count). The Hall–Kier alpha value is -4.42. The summed E-state index contributed by atoms with van der Waals surface area (Å²) in [5.41, 5.74) is 8.68. The average Bonchev–Trinajstić information content (AvgIpc) is 2.95. The van der Waals surface area contributed by atoms with Crippen molar-refractivity contribution in [3.8, 4) is 22.3 Å². The van der Waals surface area contributed by atoms with Crippen molar-refractivity contribution in [3.05, 3.63) is 144 Å². The Morgan fingerprint density at radius 3 is 1.84 bits per heavy atom. The second-order valence-electron chi connectivity index (χ2n) is 9.14. The van der Waals surface area contributed by atoms with Crippen molar-refractivity contribution in [1.29, 1.82) is 0 Å². The summed E-state index contributed by atoms with van der Waals surface area (Å²) in [5.74, 6) is 0. The molecule has 0 N–H and O–H groups in total. The molecule has 0 amide bonds. The van der Waals surface area contributed by atoms with Crippen LogP contribution < -0.4 is 0 Å². The number of allylic oxidation sites excluding steroid dienone is 6. The zero-order chi connectivity index (χ0) is 25.6. The molecule has 0 nitrogen and oxygen atoms in total. The third-order valence-electron chi connectivity index (χ3n) is 6.88. The van der Waals surface area contributed by atoms with Crippen molar-refractivity contribution >= 4 is 33.7 Å². The normalized spacial score (nSPS) is 12.6. The maximum atomic E-state index is 2.30. The van der Waals surface area contributed by atoms with Gasteiger partial charge in [-0.05, 0) is 81.3 Å². The summed E-state index contributed by atoms with van der Waals surface area (Å²) in [7, 11) is 0. The Bertz CT molecular complexity index is 1670. The largest absolute Gasteiger partial charge is 0.0871 e. The third-order valence-corrected chi connectivity index (χ3v) is 6.88. The molecule has 0 heteroatoms. The molecule has 5 aromatic carbocycles. The van der Waals surface area contributed by atoms with E-state index in [9.17, 15) is 0 Å². The van der Waals surface area contributed by atoms with Gasteiger partial charge in [0, 0.05) is 0 Å². The van der Waals surface area contributed by atoms with Gasteiger partial charge in [0.2, 0.25) is 0 Å². The summed E-state index contributed by atoms with van der Waals surface area (Å²) >= 11 is 0. The van der Waals surface area contributed by atoms with Crippen molar-refractivity contribution in [2.75, 3.05) is 0 Å². The van der Waals surface area contributed by atoms with Crippen LogP contribution in [-0.2, 0) is 0 Å². The second kappa shape index (κ2) is 11.1. The van der Waals surface area contributed by atoms with Gasteiger partial charge >= 0.3 is 0 Å². The highest BCUT2D eigenvalue weighted by molar-refractivity contribution is 6.15. The second-order valence-corrected chi connectivity index (χ2v) is 9.14. The van der Waals surface area contributed by atoms with Gasteiger partial charge in [-0.2, -0.15) is 0 Å². The highest BCUT2D eigenvalue weighted by Crippen LogP contribution is 2.45. The molecule has 0 radical (unpaired) electrons. The number of rotatable bonds is 6. The van der Waals surface area contributed by atoms with Crippen LogP contribution in [0.1, 0.15) is 31.9 Å². The van der Waals surface area contributed by atoms with E-state index in [-0.39, 0.29) is 0 Å². The van der Waals surface area contributed by atoms with Gasteiger partial charge in [-0.1, -0.05) is 140 Å². The van der Waals surface area contributed by atoms with Crippen LogP contribution in [0.5, 0.6) is 0 Å². The first kappa shape index (κ1) is 24.3. The van der Waals surface area contributed by atoms with Crippen LogP contribution in [0, 0.1) is 0 Å². The summed E-state index contributed by atoms with van der Waals surface area (Å²) in [6, 6.07) is 35.0. The monoisotopic (exact) mass is 476 g/mol. The van der Waals surface area contributed by atoms with E-state index >= 15 is 0 Å². The summed E-state index contributed by atoms with van der Waals surface area (Å²) in [6.45, 7) is 6.26. The quantitative estimate of drug-likeness (QED) is 0.214. The summed E-state index contributed by atoms with van der Waals surface area (Å²) in [5, 5.41) is 5.05. The van der Waals surface area contributed by atoms with Crippen LogP contribution in [0.15, 0.2) is 133 Å². The molecule has 0 bridgehead atoms. The first-order chi connectivity index (χ1) is 18.3. The summed E-state index contributed by atoms with van der Waals surface area (Å²) in [6.07, 6.45) is 15.4. The number of fused-ring (bicyclic) bond motifs is 2. The van der Waals surface area contributed by atoms with Gasteiger partial charge in [0.25, 0.3) is 0 Å². The summed E-state index contributed by atoms with van der Waals surface area (Å²) in [4.78, 5) is 0. The molecule has 0 saturated carbocycles. The Labute approximate surface area is 220 Å². The van der Waals surface area contributed by atoms with Crippen LogP contribution in [-0.4, -0.2) is 0 Å². The van der Waals surface area contributed by atoms with E-state index in [0.717, 1.165) is 0 Å². The molecule has 37 heavy (non-hydrogen) atoms. The van der Waals surface area contributed by atoms with E-state index in [4.69, 9.17) is 0 Å². The molecule has 0 aromatic heterocycles. The van der Waals surface area contributed by atoms with E-state index in [2.05, 4.69) is 160 Å². The van der Waals surface area contributed by atoms with Gasteiger partial charge in [-0.3, -0.25) is 0 Å². The van der Waals surface area contributed by atoms with E-state index in [1.54, 1.807) is 0 Å². The van der Waals surface area contributed by atoms with E-state index < -0.39 is 0 Å². The van der Waals surface area contributed by atoms with Crippen molar-refractivity contribution in [1.82, 2.24) is 0 Å². The average molecular weight is 477 g/mol. The van der Waals surface area contributed by atoms with Crippen molar-refractivity contribution in [3.63, 3.8) is 0 Å². The van der Waals surface area contributed by atoms with Gasteiger partial charge < -0.3 is 0 Å². The predicted molar refractivity (Wildman–Crippen MR) is 165 cm³/mol. The van der Waals surface area contributed by atoms with Crippen LogP contribution in [0.25, 0.3) is 56.0 Å². The number of benzene rings is 5. The molecule has 0 aliphatic heterocycles. The topological polar surface area (TPSA) is 0 Å². The van der Waals surface area contributed by atoms with Crippen LogP contribution in [0.4, 0.5) is 0 Å². The highest BCUT2D eigenvalue weighted by Gasteiger charge is 2.20. The Balaban J connectivity index is 1.98. The first-order valence-corrected chi connectivity index (χ1v) is 13.0. The van der Waals surface area contributed by atoms with E-state index in [1.807, 2.05) is 0 Å². The lowest BCUT2D eigenvalue weighted by Gasteiger charge is -2.21. The Morgan fingerprint density at radius 1 is 0.514 bits per heavy atom. The molecule has 180 valence electrons. The van der Waals surface area contributed by atoms with E-state index in [0.29, 0.717) is 0 Å². The predicted octanol–water partition coefficient (Wildman–Crippen LogP) is 10.9. The van der Waals surface area contributed by atoms with Crippen LogP contribution in [0.2, 0.25) is 0 Å². The maximum absolute atomic E-state index is 2.30. The molecule has 0 atom stereocenters. The lowest BCUT2D eigenvalue weighted by molar-refractivity contribution is 1.56. The minimum Gasteiger partial charge on any atom is -0.0871 e. The number of hydrogen-bond donors (Lipinski definition) is 0. The lowest BCUT2D eigenvalue weighted by atomic mass is 9.82. The molecule has 0 heterocycles. The molecule has 5 aromatic rings. The molecular weight excluding hydrogens is 444 g/mol. The molecule has 0 unspecified atom stereocenters. The van der Waals surface area contributed by atoms with Crippen LogP contribution in [0.3, 0.4) is 0 Å². The molecular formula is C37H32. The summed E-state index contributed by atoms with van der Waals surface area (Å²) < 4.78 is 0. The third kappa shape index (κ3) is 4.71. The standard InChI is InChI=1S/C37H32/c1-4-15-27(6-3)25-26-35-31(16-5-2)37(32-24-14-20-28-17-10-11-21-30(28)32)34-23-13-12-22-33(34)36(35)29-18-8-7-9-19-29/h4-26H,1-3H3/b15-4-,16-5-,26-25+,27-6+. The molecule has 0 saturated heterocycles. The SMILES string of the molecule is C\C=C/C(/C=C/c1c(/C=C\C)c(-c2cccc3ccccc23)c2ccccc2c1-c1ccccc1)=C\C. The first-order valence-electron chi connectivity index (χ1n) is 13.0. The fraction of sp³-hybridized carbons (Fsp3) is 0.0811. The Kier molecular flexibility index (Phi) is 7.28. The van der Waals surface area contributed by atoms with Gasteiger partial charge in [-0.15, -0.1) is 0 Å². The fourth-order valence-electron chi connectivity index (χ4n) is 5.26. The van der Waals surface area contributed by atoms with Crippen molar-refractivity contribution in [2.45, 2.75) is 20.8 Å². The zero-order valence-electron chi connectivity index (χ0n) is 21.8. The smallest absolute Gasteiger partial charge is 0.00203 e. The minimum atomic E-state index is 1.19. The van der Waals surface area contributed by atoms with Gasteiger partial charge in [-0.25, -0.2) is 0 Å². The molecule has 0 aliphatic carbocycles. The molecule has 0 fully saturated rings. The fourth-order valence-corrected chi connectivity index (χ4v) is 5.26. The molecule has 0 aliphatic rings. The highest BCUT2D eigenvalue weighted by atomic mass is 14.2. The van der Waals surface area contributed by atoms with Gasteiger partial charge in [0.05, 0.1) is 0 Å². The minimum absolute atomic E-state index is 1.19. The zero-order valence-corrected chi connectivity index (χ0v) is 21.8. The van der Waals surface area contributed by atoms with Crippen LogP contribution >= 0.6 is 0 Å². The van der Waals surface area contributed by atoms with Gasteiger partial charge in [0.15, 0.2) is 0 Å². The number of hydrogen-bond acceptors (Lipinski definition) is 0. The van der Waals surface area contributed by atoms with Crippen molar-refractivity contribution < 1.29 is 0 Å². The molecule has 0 spiro atoms.